The Morgan fingerprint density at radius 1 is 1.33 bits per heavy atom. The fourth-order valence-corrected chi connectivity index (χ4v) is 2.31. The highest BCUT2D eigenvalue weighted by atomic mass is 35.5. The number of anilines is 1. The standard InChI is InChI=1S/C12H10ClNO4/c13-12(16)7-3-11(15)14(5-7)8-1-2-9-10(4-8)18-6-17-9/h1-2,4,7H,3,5-6H2/t7-/m1/s1. The van der Waals surface area contributed by atoms with Gasteiger partial charge in [-0.1, -0.05) is 0 Å². The summed E-state index contributed by atoms with van der Waals surface area (Å²) in [6, 6.07) is 5.26. The van der Waals surface area contributed by atoms with Crippen molar-refractivity contribution in [1.82, 2.24) is 0 Å². The van der Waals surface area contributed by atoms with Crippen LogP contribution in [0, 0.1) is 5.92 Å². The number of ether oxygens (including phenoxy) is 2. The molecule has 2 heterocycles. The average Bonchev–Trinajstić information content (AvgIpc) is 2.93. The van der Waals surface area contributed by atoms with E-state index in [9.17, 15) is 9.59 Å². The minimum atomic E-state index is -0.466. The van der Waals surface area contributed by atoms with E-state index in [-0.39, 0.29) is 19.1 Å². The molecular weight excluding hydrogens is 258 g/mol. The number of carbonyl (C=O) groups is 2. The van der Waals surface area contributed by atoms with Crippen molar-refractivity contribution in [3.8, 4) is 11.5 Å². The minimum absolute atomic E-state index is 0.104. The van der Waals surface area contributed by atoms with Crippen LogP contribution in [0.2, 0.25) is 0 Å². The van der Waals surface area contributed by atoms with Crippen LogP contribution in [0.3, 0.4) is 0 Å². The molecule has 0 radical (unpaired) electrons. The number of nitrogens with zero attached hydrogens (tertiary/aromatic N) is 1. The van der Waals surface area contributed by atoms with E-state index in [2.05, 4.69) is 0 Å². The first kappa shape index (κ1) is 11.3. The lowest BCUT2D eigenvalue weighted by Crippen LogP contribution is -2.25. The highest BCUT2D eigenvalue weighted by molar-refractivity contribution is 6.64. The Morgan fingerprint density at radius 2 is 2.11 bits per heavy atom. The Balaban J connectivity index is 1.87. The lowest BCUT2D eigenvalue weighted by Gasteiger charge is -2.16. The molecule has 1 atom stereocenters. The molecule has 5 nitrogen and oxygen atoms in total. The van der Waals surface area contributed by atoms with Crippen LogP contribution < -0.4 is 14.4 Å². The summed E-state index contributed by atoms with van der Waals surface area (Å²) in [5, 5.41) is -0.466. The van der Waals surface area contributed by atoms with Crippen LogP contribution in [0.15, 0.2) is 18.2 Å². The lowest BCUT2D eigenvalue weighted by molar-refractivity contribution is -0.120. The molecule has 18 heavy (non-hydrogen) atoms. The van der Waals surface area contributed by atoms with Gasteiger partial charge in [-0.15, -0.1) is 0 Å². The normalized spacial score (nSPS) is 21.5. The number of rotatable bonds is 2. The molecule has 0 unspecified atom stereocenters. The Kier molecular flexibility index (Phi) is 2.63. The summed E-state index contributed by atoms with van der Waals surface area (Å²) in [5.74, 6) is 0.744. The maximum atomic E-state index is 11.8. The van der Waals surface area contributed by atoms with E-state index >= 15 is 0 Å². The van der Waals surface area contributed by atoms with Crippen LogP contribution in [0.25, 0.3) is 0 Å². The predicted octanol–water partition coefficient (Wildman–Crippen LogP) is 1.53. The molecule has 0 aromatic heterocycles. The van der Waals surface area contributed by atoms with Gasteiger partial charge in [-0.2, -0.15) is 0 Å². The molecule has 1 amide bonds. The Hall–Kier alpha value is -1.75. The summed E-state index contributed by atoms with van der Waals surface area (Å²) in [4.78, 5) is 24.5. The van der Waals surface area contributed by atoms with Crippen molar-refractivity contribution in [2.24, 2.45) is 5.92 Å². The molecule has 0 bridgehead atoms. The number of hydrogen-bond donors (Lipinski definition) is 0. The van der Waals surface area contributed by atoms with Gasteiger partial charge in [-0.05, 0) is 23.7 Å². The van der Waals surface area contributed by atoms with Gasteiger partial charge in [-0.3, -0.25) is 9.59 Å². The number of hydrogen-bond acceptors (Lipinski definition) is 4. The molecule has 2 aliphatic rings. The van der Waals surface area contributed by atoms with Crippen LogP contribution in [0.1, 0.15) is 6.42 Å². The lowest BCUT2D eigenvalue weighted by atomic mass is 10.1. The second-order valence-electron chi connectivity index (χ2n) is 4.25. The van der Waals surface area contributed by atoms with E-state index in [0.29, 0.717) is 23.7 Å². The molecule has 0 aliphatic carbocycles. The predicted molar refractivity (Wildman–Crippen MR) is 63.9 cm³/mol. The van der Waals surface area contributed by atoms with E-state index in [4.69, 9.17) is 21.1 Å². The van der Waals surface area contributed by atoms with Gasteiger partial charge in [-0.25, -0.2) is 0 Å². The van der Waals surface area contributed by atoms with Crippen molar-refractivity contribution < 1.29 is 19.1 Å². The van der Waals surface area contributed by atoms with Gasteiger partial charge in [0.25, 0.3) is 0 Å². The molecule has 1 aromatic carbocycles. The van der Waals surface area contributed by atoms with E-state index in [1.807, 2.05) is 0 Å². The molecule has 94 valence electrons. The number of fused-ring (bicyclic) bond motifs is 1. The van der Waals surface area contributed by atoms with Crippen LogP contribution in [0.5, 0.6) is 11.5 Å². The summed E-state index contributed by atoms with van der Waals surface area (Å²) in [6.07, 6.45) is 0.163. The van der Waals surface area contributed by atoms with Gasteiger partial charge in [0, 0.05) is 24.7 Å². The first-order valence-electron chi connectivity index (χ1n) is 5.54. The molecule has 1 fully saturated rings. The van der Waals surface area contributed by atoms with Crippen molar-refractivity contribution >= 4 is 28.4 Å². The van der Waals surface area contributed by atoms with Crippen LogP contribution in [0.4, 0.5) is 5.69 Å². The smallest absolute Gasteiger partial charge is 0.231 e. The molecule has 6 heteroatoms. The molecule has 3 rings (SSSR count). The van der Waals surface area contributed by atoms with Crippen LogP contribution in [-0.4, -0.2) is 24.5 Å². The van der Waals surface area contributed by atoms with Crippen LogP contribution in [-0.2, 0) is 9.59 Å². The second-order valence-corrected chi connectivity index (χ2v) is 4.62. The molecule has 1 saturated heterocycles. The maximum absolute atomic E-state index is 11.8. The topological polar surface area (TPSA) is 55.8 Å². The third-order valence-corrected chi connectivity index (χ3v) is 3.42. The van der Waals surface area contributed by atoms with Crippen molar-refractivity contribution in [3.63, 3.8) is 0 Å². The Labute approximate surface area is 108 Å². The SMILES string of the molecule is O=C(Cl)[C@@H]1CC(=O)N(c2ccc3c(c2)OCO3)C1. The van der Waals surface area contributed by atoms with Gasteiger partial charge < -0.3 is 14.4 Å². The third kappa shape index (κ3) is 1.80. The van der Waals surface area contributed by atoms with Crippen molar-refractivity contribution in [1.29, 1.82) is 0 Å². The van der Waals surface area contributed by atoms with E-state index in [1.165, 1.54) is 0 Å². The Morgan fingerprint density at radius 3 is 2.83 bits per heavy atom. The number of halogens is 1. The highest BCUT2D eigenvalue weighted by Crippen LogP contribution is 2.37. The van der Waals surface area contributed by atoms with Crippen molar-refractivity contribution in [3.05, 3.63) is 18.2 Å². The zero-order valence-corrected chi connectivity index (χ0v) is 10.1. The van der Waals surface area contributed by atoms with E-state index < -0.39 is 11.2 Å². The van der Waals surface area contributed by atoms with Gasteiger partial charge in [0.15, 0.2) is 11.5 Å². The summed E-state index contributed by atoms with van der Waals surface area (Å²) in [5.41, 5.74) is 0.699. The van der Waals surface area contributed by atoms with Gasteiger partial charge in [0.2, 0.25) is 17.9 Å². The van der Waals surface area contributed by atoms with Crippen LogP contribution >= 0.6 is 11.6 Å². The summed E-state index contributed by atoms with van der Waals surface area (Å²) >= 11 is 5.43. The van der Waals surface area contributed by atoms with E-state index in [0.717, 1.165) is 0 Å². The first-order valence-corrected chi connectivity index (χ1v) is 5.92. The summed E-state index contributed by atoms with van der Waals surface area (Å²) < 4.78 is 10.5. The maximum Gasteiger partial charge on any atom is 0.231 e. The molecule has 0 spiro atoms. The molecular formula is C12H10ClNO4. The zero-order valence-electron chi connectivity index (χ0n) is 9.39. The molecule has 0 N–H and O–H groups in total. The van der Waals surface area contributed by atoms with Crippen molar-refractivity contribution in [2.45, 2.75) is 6.42 Å². The quantitative estimate of drug-likeness (QED) is 0.763. The number of amides is 1. The number of carbonyl (C=O) groups excluding carboxylic acids is 2. The second kappa shape index (κ2) is 4.17. The molecule has 0 saturated carbocycles. The highest BCUT2D eigenvalue weighted by Gasteiger charge is 2.34. The summed E-state index contributed by atoms with van der Waals surface area (Å²) in [6.45, 7) is 0.510. The van der Waals surface area contributed by atoms with Gasteiger partial charge in [0.1, 0.15) is 0 Å². The monoisotopic (exact) mass is 267 g/mol. The minimum Gasteiger partial charge on any atom is -0.454 e. The third-order valence-electron chi connectivity index (χ3n) is 3.11. The Bertz CT molecular complexity index is 531. The van der Waals surface area contributed by atoms with Gasteiger partial charge in [0.05, 0.1) is 5.92 Å². The largest absolute Gasteiger partial charge is 0.454 e. The van der Waals surface area contributed by atoms with Crippen molar-refractivity contribution in [2.75, 3.05) is 18.2 Å². The molecule has 1 aromatic rings. The van der Waals surface area contributed by atoms with Gasteiger partial charge >= 0.3 is 0 Å². The van der Waals surface area contributed by atoms with E-state index in [1.54, 1.807) is 23.1 Å². The summed E-state index contributed by atoms with van der Waals surface area (Å²) in [7, 11) is 0. The average molecular weight is 268 g/mol. The fourth-order valence-electron chi connectivity index (χ4n) is 2.16. The first-order chi connectivity index (χ1) is 8.65. The zero-order chi connectivity index (χ0) is 12.7. The number of benzene rings is 1. The molecule has 2 aliphatic heterocycles. The fraction of sp³-hybridized carbons (Fsp3) is 0.333.